The molecule has 0 rings (SSSR count). The Morgan fingerprint density at radius 3 is 1.29 bits per heavy atom. The molecule has 0 fully saturated rings. The summed E-state index contributed by atoms with van der Waals surface area (Å²) in [6.07, 6.45) is 23.2. The number of unbranched alkanes of at least 4 members (excludes halogenated alkanes) is 17. The van der Waals surface area contributed by atoms with Crippen LogP contribution in [-0.2, 0) is 13.8 Å². The largest absolute Gasteiger partial charge is 0.471 e. The second kappa shape index (κ2) is 20.3. The van der Waals surface area contributed by atoms with Gasteiger partial charge in [-0.25, -0.2) is 4.57 Å². The van der Waals surface area contributed by atoms with Gasteiger partial charge in [0.05, 0.1) is 0 Å². The van der Waals surface area contributed by atoms with Gasteiger partial charge in [0.2, 0.25) is 0 Å². The van der Waals surface area contributed by atoms with Gasteiger partial charge in [-0.15, -0.1) is 0 Å². The van der Waals surface area contributed by atoms with Crippen LogP contribution < -0.4 is 0 Å². The molecule has 0 radical (unpaired) electrons. The minimum absolute atomic E-state index is 0.486. The molecular weight excluding hydrogens is 375 g/mol. The zero-order valence-corrected chi connectivity index (χ0v) is 19.5. The molecule has 28 heavy (non-hydrogen) atoms. The minimum atomic E-state index is -4.44. The topological polar surface area (TPSA) is 76.0 Å². The van der Waals surface area contributed by atoms with Crippen molar-refractivity contribution in [1.82, 2.24) is 0 Å². The van der Waals surface area contributed by atoms with Gasteiger partial charge in [0.25, 0.3) is 0 Å². The lowest BCUT2D eigenvalue weighted by atomic mass is 10.0. The Hall–Kier alpha value is 0.0700. The molecule has 1 atom stereocenters. The third-order valence-corrected chi connectivity index (χ3v) is 5.71. The van der Waals surface area contributed by atoms with Crippen molar-refractivity contribution in [2.45, 2.75) is 136 Å². The van der Waals surface area contributed by atoms with Gasteiger partial charge in [0.1, 0.15) is 0 Å². The molecule has 0 aromatic rings. The second-order valence-corrected chi connectivity index (χ2v) is 9.24. The van der Waals surface area contributed by atoms with Crippen molar-refractivity contribution in [3.8, 4) is 0 Å². The van der Waals surface area contributed by atoms with Crippen molar-refractivity contribution in [3.63, 3.8) is 0 Å². The van der Waals surface area contributed by atoms with Crippen LogP contribution >= 0.6 is 7.82 Å². The van der Waals surface area contributed by atoms with Gasteiger partial charge < -0.3 is 14.5 Å². The van der Waals surface area contributed by atoms with Gasteiger partial charge in [-0.2, -0.15) is 0 Å². The SMILES string of the molecule is CCCCCCCCCCCCCCCCCCCCOC(C)OP(=O)(O)O. The molecule has 0 bridgehead atoms. The zero-order chi connectivity index (χ0) is 20.9. The van der Waals surface area contributed by atoms with Crippen molar-refractivity contribution in [2.24, 2.45) is 0 Å². The van der Waals surface area contributed by atoms with E-state index in [0.717, 1.165) is 12.8 Å². The average molecular weight is 423 g/mol. The number of phosphoric ester groups is 1. The first kappa shape index (κ1) is 28.1. The number of hydrogen-bond donors (Lipinski definition) is 2. The molecule has 0 aliphatic carbocycles. The first-order valence-corrected chi connectivity index (χ1v) is 13.3. The van der Waals surface area contributed by atoms with E-state index >= 15 is 0 Å². The van der Waals surface area contributed by atoms with Gasteiger partial charge >= 0.3 is 7.82 Å². The van der Waals surface area contributed by atoms with E-state index < -0.39 is 14.1 Å². The fourth-order valence-corrected chi connectivity index (χ4v) is 3.92. The van der Waals surface area contributed by atoms with E-state index in [2.05, 4.69) is 11.4 Å². The van der Waals surface area contributed by atoms with Crippen LogP contribution in [0.1, 0.15) is 129 Å². The summed E-state index contributed by atoms with van der Waals surface area (Å²) < 4.78 is 20.3. The molecule has 0 aliphatic rings. The van der Waals surface area contributed by atoms with E-state index in [9.17, 15) is 4.57 Å². The van der Waals surface area contributed by atoms with Crippen LogP contribution in [0.3, 0.4) is 0 Å². The summed E-state index contributed by atoms with van der Waals surface area (Å²) in [5.41, 5.74) is 0. The van der Waals surface area contributed by atoms with E-state index in [0.29, 0.717) is 6.61 Å². The summed E-state index contributed by atoms with van der Waals surface area (Å²) in [6, 6.07) is 0. The normalized spacial score (nSPS) is 13.1. The van der Waals surface area contributed by atoms with E-state index in [-0.39, 0.29) is 0 Å². The van der Waals surface area contributed by atoms with E-state index in [1.54, 1.807) is 0 Å². The monoisotopic (exact) mass is 422 g/mol. The standard InChI is InChI=1S/C22H47O5P/c1-3-4-5-6-7-8-9-10-11-12-13-14-15-16-17-18-19-20-21-26-22(2)27-28(23,24)25/h22H,3-21H2,1-2H3,(H2,23,24,25). The van der Waals surface area contributed by atoms with E-state index in [1.807, 2.05) is 0 Å². The molecule has 0 saturated carbocycles. The fraction of sp³-hybridized carbons (Fsp3) is 1.00. The quantitative estimate of drug-likeness (QED) is 0.107. The van der Waals surface area contributed by atoms with Gasteiger partial charge in [-0.1, -0.05) is 116 Å². The lowest BCUT2D eigenvalue weighted by molar-refractivity contribution is -0.0802. The first-order valence-electron chi connectivity index (χ1n) is 11.8. The highest BCUT2D eigenvalue weighted by atomic mass is 31.2. The van der Waals surface area contributed by atoms with Gasteiger partial charge in [-0.05, 0) is 13.3 Å². The van der Waals surface area contributed by atoms with Crippen LogP contribution in [0.25, 0.3) is 0 Å². The molecule has 1 unspecified atom stereocenters. The first-order chi connectivity index (χ1) is 13.5. The molecule has 0 amide bonds. The van der Waals surface area contributed by atoms with Crippen LogP contribution in [0.5, 0.6) is 0 Å². The highest BCUT2D eigenvalue weighted by Gasteiger charge is 2.18. The highest BCUT2D eigenvalue weighted by molar-refractivity contribution is 7.46. The van der Waals surface area contributed by atoms with Crippen molar-refractivity contribution in [3.05, 3.63) is 0 Å². The molecule has 5 nitrogen and oxygen atoms in total. The van der Waals surface area contributed by atoms with Crippen molar-refractivity contribution < 1.29 is 23.6 Å². The lowest BCUT2D eigenvalue weighted by Gasteiger charge is -2.14. The number of ether oxygens (including phenoxy) is 1. The summed E-state index contributed by atoms with van der Waals surface area (Å²) >= 11 is 0. The predicted octanol–water partition coefficient (Wildman–Crippen LogP) is 7.50. The summed E-state index contributed by atoms with van der Waals surface area (Å²) in [7, 11) is -4.44. The summed E-state index contributed by atoms with van der Waals surface area (Å²) in [5, 5.41) is 0. The maximum atomic E-state index is 10.6. The van der Waals surface area contributed by atoms with Crippen LogP contribution in [0, 0.1) is 0 Å². The van der Waals surface area contributed by atoms with Crippen LogP contribution in [0.15, 0.2) is 0 Å². The maximum Gasteiger partial charge on any atom is 0.471 e. The van der Waals surface area contributed by atoms with Crippen molar-refractivity contribution >= 4 is 7.82 Å². The number of rotatable bonds is 22. The Kier molecular flexibility index (Phi) is 20.4. The molecule has 2 N–H and O–H groups in total. The minimum Gasteiger partial charge on any atom is -0.352 e. The lowest BCUT2D eigenvalue weighted by Crippen LogP contribution is -2.12. The Morgan fingerprint density at radius 1 is 0.643 bits per heavy atom. The molecule has 0 heterocycles. The number of hydrogen-bond acceptors (Lipinski definition) is 3. The molecule has 6 heteroatoms. The third kappa shape index (κ3) is 24.1. The molecule has 0 aromatic heterocycles. The Labute approximate surface area is 174 Å². The Bertz CT molecular complexity index is 359. The molecule has 0 aliphatic heterocycles. The van der Waals surface area contributed by atoms with Crippen LogP contribution in [-0.4, -0.2) is 22.7 Å². The third-order valence-electron chi connectivity index (χ3n) is 5.14. The van der Waals surface area contributed by atoms with Crippen LogP contribution in [0.4, 0.5) is 0 Å². The second-order valence-electron chi connectivity index (χ2n) is 8.04. The van der Waals surface area contributed by atoms with E-state index in [4.69, 9.17) is 14.5 Å². The molecule has 0 aromatic carbocycles. The summed E-state index contributed by atoms with van der Waals surface area (Å²) in [5.74, 6) is 0. The van der Waals surface area contributed by atoms with Gasteiger partial charge in [0, 0.05) is 6.61 Å². The smallest absolute Gasteiger partial charge is 0.352 e. The van der Waals surface area contributed by atoms with Crippen molar-refractivity contribution in [1.29, 1.82) is 0 Å². The zero-order valence-electron chi connectivity index (χ0n) is 18.6. The van der Waals surface area contributed by atoms with E-state index in [1.165, 1.54) is 110 Å². The maximum absolute atomic E-state index is 10.6. The summed E-state index contributed by atoms with van der Waals surface area (Å²) in [6.45, 7) is 4.27. The van der Waals surface area contributed by atoms with Gasteiger partial charge in [-0.3, -0.25) is 4.52 Å². The Morgan fingerprint density at radius 2 is 0.964 bits per heavy atom. The molecule has 170 valence electrons. The molecule has 0 spiro atoms. The van der Waals surface area contributed by atoms with Crippen LogP contribution in [0.2, 0.25) is 0 Å². The fourth-order valence-electron chi connectivity index (χ4n) is 3.48. The molecule has 0 saturated heterocycles. The van der Waals surface area contributed by atoms with Gasteiger partial charge in [0.15, 0.2) is 6.29 Å². The van der Waals surface area contributed by atoms with Crippen molar-refractivity contribution in [2.75, 3.05) is 6.61 Å². The average Bonchev–Trinajstić information content (AvgIpc) is 2.62. The Balaban J connectivity index is 3.11. The highest BCUT2D eigenvalue weighted by Crippen LogP contribution is 2.37. The predicted molar refractivity (Wildman–Crippen MR) is 117 cm³/mol. The summed E-state index contributed by atoms with van der Waals surface area (Å²) in [4.78, 5) is 17.3. The number of phosphoric acid groups is 1. The molecular formula is C22H47O5P.